The quantitative estimate of drug-likeness (QED) is 0.609. The highest BCUT2D eigenvalue weighted by molar-refractivity contribution is 5.73. The smallest absolute Gasteiger partial charge is 0.314 e. The Labute approximate surface area is 94.1 Å². The molecule has 0 bridgehead atoms. The lowest BCUT2D eigenvalue weighted by molar-refractivity contribution is 0.173. The lowest BCUT2D eigenvalue weighted by Crippen LogP contribution is -2.37. The third-order valence-electron chi connectivity index (χ3n) is 2.05. The van der Waals surface area contributed by atoms with E-state index in [1.54, 1.807) is 12.1 Å². The molecular weight excluding hydrogens is 208 g/mol. The molecule has 0 spiro atoms. The maximum absolute atomic E-state index is 11.1. The SMILES string of the molecule is CCNC(=O)NC[C@H](O)c1cccc(O)c1. The van der Waals surface area contributed by atoms with Crippen molar-refractivity contribution in [2.75, 3.05) is 13.1 Å². The molecule has 16 heavy (non-hydrogen) atoms. The fourth-order valence-corrected chi connectivity index (χ4v) is 1.26. The first-order chi connectivity index (χ1) is 7.63. The monoisotopic (exact) mass is 224 g/mol. The second-order valence-corrected chi connectivity index (χ2v) is 3.35. The van der Waals surface area contributed by atoms with Crippen LogP contribution in [-0.4, -0.2) is 29.3 Å². The van der Waals surface area contributed by atoms with Crippen molar-refractivity contribution in [3.63, 3.8) is 0 Å². The number of carbonyl (C=O) groups is 1. The van der Waals surface area contributed by atoms with Gasteiger partial charge in [0.2, 0.25) is 0 Å². The molecule has 5 heteroatoms. The van der Waals surface area contributed by atoms with E-state index in [9.17, 15) is 15.0 Å². The highest BCUT2D eigenvalue weighted by Crippen LogP contribution is 2.17. The molecule has 5 nitrogen and oxygen atoms in total. The van der Waals surface area contributed by atoms with Gasteiger partial charge in [-0.05, 0) is 24.6 Å². The molecule has 4 N–H and O–H groups in total. The Bertz CT molecular complexity index is 355. The Morgan fingerprint density at radius 1 is 1.44 bits per heavy atom. The number of aliphatic hydroxyl groups excluding tert-OH is 1. The topological polar surface area (TPSA) is 81.6 Å². The summed E-state index contributed by atoms with van der Waals surface area (Å²) in [4.78, 5) is 11.1. The van der Waals surface area contributed by atoms with Crippen molar-refractivity contribution < 1.29 is 15.0 Å². The summed E-state index contributed by atoms with van der Waals surface area (Å²) >= 11 is 0. The number of amides is 2. The molecule has 1 aromatic carbocycles. The molecule has 0 heterocycles. The van der Waals surface area contributed by atoms with E-state index < -0.39 is 6.10 Å². The third kappa shape index (κ3) is 3.78. The minimum Gasteiger partial charge on any atom is -0.508 e. The van der Waals surface area contributed by atoms with Gasteiger partial charge in [0.05, 0.1) is 6.10 Å². The van der Waals surface area contributed by atoms with Crippen LogP contribution in [0.1, 0.15) is 18.6 Å². The van der Waals surface area contributed by atoms with Gasteiger partial charge in [-0.15, -0.1) is 0 Å². The number of benzene rings is 1. The van der Waals surface area contributed by atoms with Crippen LogP contribution in [0.5, 0.6) is 5.75 Å². The van der Waals surface area contributed by atoms with Crippen LogP contribution in [0.3, 0.4) is 0 Å². The van der Waals surface area contributed by atoms with E-state index in [2.05, 4.69) is 10.6 Å². The molecule has 2 amide bonds. The van der Waals surface area contributed by atoms with E-state index in [-0.39, 0.29) is 18.3 Å². The first kappa shape index (κ1) is 12.3. The molecule has 0 aliphatic carbocycles. The van der Waals surface area contributed by atoms with E-state index >= 15 is 0 Å². The van der Waals surface area contributed by atoms with E-state index in [4.69, 9.17) is 0 Å². The number of nitrogens with one attached hydrogen (secondary N) is 2. The second kappa shape index (κ2) is 5.97. The Kier molecular flexibility index (Phi) is 4.60. The molecule has 0 aromatic heterocycles. The first-order valence-electron chi connectivity index (χ1n) is 5.12. The first-order valence-corrected chi connectivity index (χ1v) is 5.12. The average molecular weight is 224 g/mol. The van der Waals surface area contributed by atoms with Gasteiger partial charge in [0.25, 0.3) is 0 Å². The lowest BCUT2D eigenvalue weighted by Gasteiger charge is -2.12. The fourth-order valence-electron chi connectivity index (χ4n) is 1.26. The van der Waals surface area contributed by atoms with Gasteiger partial charge in [0.15, 0.2) is 0 Å². The van der Waals surface area contributed by atoms with Crippen LogP contribution in [0.25, 0.3) is 0 Å². The van der Waals surface area contributed by atoms with Crippen LogP contribution >= 0.6 is 0 Å². The minimum absolute atomic E-state index is 0.0922. The lowest BCUT2D eigenvalue weighted by atomic mass is 10.1. The predicted molar refractivity (Wildman–Crippen MR) is 60.1 cm³/mol. The second-order valence-electron chi connectivity index (χ2n) is 3.35. The zero-order chi connectivity index (χ0) is 12.0. The van der Waals surface area contributed by atoms with Crippen molar-refractivity contribution in [2.24, 2.45) is 0 Å². The summed E-state index contributed by atoms with van der Waals surface area (Å²) in [5.74, 6) is 0.0922. The number of hydrogen-bond donors (Lipinski definition) is 4. The van der Waals surface area contributed by atoms with Crippen molar-refractivity contribution in [3.05, 3.63) is 29.8 Å². The molecule has 0 unspecified atom stereocenters. The van der Waals surface area contributed by atoms with Gasteiger partial charge in [-0.1, -0.05) is 12.1 Å². The Morgan fingerprint density at radius 2 is 2.19 bits per heavy atom. The molecule has 0 aliphatic heterocycles. The van der Waals surface area contributed by atoms with Crippen LogP contribution in [0.15, 0.2) is 24.3 Å². The molecule has 1 aromatic rings. The Hall–Kier alpha value is -1.75. The van der Waals surface area contributed by atoms with Gasteiger partial charge in [-0.2, -0.15) is 0 Å². The molecule has 0 aliphatic rings. The fraction of sp³-hybridized carbons (Fsp3) is 0.364. The van der Waals surface area contributed by atoms with Gasteiger partial charge in [0, 0.05) is 13.1 Å². The summed E-state index contributed by atoms with van der Waals surface area (Å²) in [7, 11) is 0. The summed E-state index contributed by atoms with van der Waals surface area (Å²) in [6.45, 7) is 2.45. The van der Waals surface area contributed by atoms with E-state index in [0.29, 0.717) is 12.1 Å². The van der Waals surface area contributed by atoms with E-state index in [0.717, 1.165) is 0 Å². The standard InChI is InChI=1S/C11H16N2O3/c1-2-12-11(16)13-7-10(15)8-4-3-5-9(14)6-8/h3-6,10,14-15H,2,7H2,1H3,(H2,12,13,16)/t10-/m0/s1. The molecule has 0 saturated heterocycles. The van der Waals surface area contributed by atoms with Crippen LogP contribution in [0.2, 0.25) is 0 Å². The summed E-state index contributed by atoms with van der Waals surface area (Å²) in [5, 5.41) is 24.0. The van der Waals surface area contributed by atoms with Crippen LogP contribution in [0, 0.1) is 0 Å². The summed E-state index contributed by atoms with van der Waals surface area (Å²) in [6, 6.07) is 5.99. The maximum Gasteiger partial charge on any atom is 0.314 e. The van der Waals surface area contributed by atoms with Crippen LogP contribution in [0.4, 0.5) is 4.79 Å². The summed E-state index contributed by atoms with van der Waals surface area (Å²) in [5.41, 5.74) is 0.566. The number of aliphatic hydroxyl groups is 1. The van der Waals surface area contributed by atoms with E-state index in [1.165, 1.54) is 12.1 Å². The normalized spacial score (nSPS) is 11.9. The molecule has 88 valence electrons. The predicted octanol–water partition coefficient (Wildman–Crippen LogP) is 0.745. The maximum atomic E-state index is 11.1. The summed E-state index contributed by atoms with van der Waals surface area (Å²) in [6.07, 6.45) is -0.824. The van der Waals surface area contributed by atoms with Gasteiger partial charge in [0.1, 0.15) is 5.75 Å². The number of phenolic OH excluding ortho intramolecular Hbond substituents is 1. The van der Waals surface area contributed by atoms with Gasteiger partial charge in [-0.25, -0.2) is 4.79 Å². The Morgan fingerprint density at radius 3 is 2.81 bits per heavy atom. The van der Waals surface area contributed by atoms with Gasteiger partial charge in [-0.3, -0.25) is 0 Å². The van der Waals surface area contributed by atoms with Gasteiger partial charge >= 0.3 is 6.03 Å². The van der Waals surface area contributed by atoms with Crippen LogP contribution in [-0.2, 0) is 0 Å². The number of hydrogen-bond acceptors (Lipinski definition) is 3. The van der Waals surface area contributed by atoms with Crippen molar-refractivity contribution in [3.8, 4) is 5.75 Å². The van der Waals surface area contributed by atoms with Crippen molar-refractivity contribution in [1.82, 2.24) is 10.6 Å². The summed E-state index contributed by atoms with van der Waals surface area (Å²) < 4.78 is 0. The number of urea groups is 1. The van der Waals surface area contributed by atoms with Crippen LogP contribution < -0.4 is 10.6 Å². The average Bonchev–Trinajstić information content (AvgIpc) is 2.26. The highest BCUT2D eigenvalue weighted by atomic mass is 16.3. The zero-order valence-corrected chi connectivity index (χ0v) is 9.10. The molecule has 1 rings (SSSR count). The van der Waals surface area contributed by atoms with Crippen molar-refractivity contribution in [1.29, 1.82) is 0 Å². The highest BCUT2D eigenvalue weighted by Gasteiger charge is 2.09. The molecule has 1 atom stereocenters. The molecular formula is C11H16N2O3. The number of carbonyl (C=O) groups excluding carboxylic acids is 1. The largest absolute Gasteiger partial charge is 0.508 e. The van der Waals surface area contributed by atoms with Crippen molar-refractivity contribution in [2.45, 2.75) is 13.0 Å². The minimum atomic E-state index is -0.824. The van der Waals surface area contributed by atoms with Gasteiger partial charge < -0.3 is 20.8 Å². The Balaban J connectivity index is 2.46. The number of rotatable bonds is 4. The molecule has 0 fully saturated rings. The number of phenols is 1. The van der Waals surface area contributed by atoms with E-state index in [1.807, 2.05) is 6.92 Å². The zero-order valence-electron chi connectivity index (χ0n) is 9.10. The molecule has 0 saturated carbocycles. The molecule has 0 radical (unpaired) electrons. The third-order valence-corrected chi connectivity index (χ3v) is 2.05. The number of aromatic hydroxyl groups is 1. The van der Waals surface area contributed by atoms with Crippen molar-refractivity contribution >= 4 is 6.03 Å².